The molecular formula is C14H31N3. The molecule has 0 radical (unpaired) electrons. The van der Waals surface area contributed by atoms with Crippen molar-refractivity contribution in [2.45, 2.75) is 58.2 Å². The standard InChI is InChI=1S/C14H31N3/c1-12(2)15-9-6-13(3)17(5)14-7-10-16(4)11-8-14/h12-15H,6-11H2,1-5H3. The molecule has 17 heavy (non-hydrogen) atoms. The second kappa shape index (κ2) is 7.34. The van der Waals surface area contributed by atoms with Gasteiger partial charge in [0.15, 0.2) is 0 Å². The molecule has 1 aliphatic rings. The number of likely N-dealkylation sites (tertiary alicyclic amines) is 1. The van der Waals surface area contributed by atoms with Crippen molar-refractivity contribution in [2.24, 2.45) is 0 Å². The zero-order valence-electron chi connectivity index (χ0n) is 12.4. The maximum absolute atomic E-state index is 3.51. The van der Waals surface area contributed by atoms with Crippen molar-refractivity contribution in [3.63, 3.8) is 0 Å². The summed E-state index contributed by atoms with van der Waals surface area (Å²) in [6.45, 7) is 10.4. The summed E-state index contributed by atoms with van der Waals surface area (Å²) in [5.74, 6) is 0. The van der Waals surface area contributed by atoms with Crippen LogP contribution in [0.4, 0.5) is 0 Å². The molecule has 1 saturated heterocycles. The second-order valence-corrected chi connectivity index (χ2v) is 5.95. The normalized spacial score (nSPS) is 21.4. The molecule has 0 aromatic heterocycles. The van der Waals surface area contributed by atoms with Crippen molar-refractivity contribution in [2.75, 3.05) is 33.7 Å². The maximum Gasteiger partial charge on any atom is 0.0119 e. The molecule has 0 spiro atoms. The lowest BCUT2D eigenvalue weighted by Crippen LogP contribution is -2.46. The molecule has 1 atom stereocenters. The molecule has 3 nitrogen and oxygen atoms in total. The summed E-state index contributed by atoms with van der Waals surface area (Å²) in [6.07, 6.45) is 3.91. The van der Waals surface area contributed by atoms with Crippen LogP contribution in [0.15, 0.2) is 0 Å². The lowest BCUT2D eigenvalue weighted by atomic mass is 10.0. The number of nitrogens with zero attached hydrogens (tertiary/aromatic N) is 2. The first-order valence-electron chi connectivity index (χ1n) is 7.14. The van der Waals surface area contributed by atoms with Crippen LogP contribution in [0, 0.1) is 0 Å². The SMILES string of the molecule is CC(C)NCCC(C)N(C)C1CCN(C)CC1. The van der Waals surface area contributed by atoms with Gasteiger partial charge in [0.2, 0.25) is 0 Å². The molecule has 1 aliphatic heterocycles. The van der Waals surface area contributed by atoms with Gasteiger partial charge in [0.05, 0.1) is 0 Å². The third kappa shape index (κ3) is 5.36. The Morgan fingerprint density at radius 3 is 2.35 bits per heavy atom. The molecule has 1 rings (SSSR count). The summed E-state index contributed by atoms with van der Waals surface area (Å²) in [4.78, 5) is 5.03. The highest BCUT2D eigenvalue weighted by Gasteiger charge is 2.23. The maximum atomic E-state index is 3.51. The van der Waals surface area contributed by atoms with Crippen LogP contribution < -0.4 is 5.32 Å². The molecule has 1 fully saturated rings. The van der Waals surface area contributed by atoms with Crippen LogP contribution in [-0.4, -0.2) is 61.7 Å². The van der Waals surface area contributed by atoms with E-state index in [4.69, 9.17) is 0 Å². The summed E-state index contributed by atoms with van der Waals surface area (Å²) in [7, 11) is 4.53. The lowest BCUT2D eigenvalue weighted by molar-refractivity contribution is 0.109. The average molecular weight is 241 g/mol. The fourth-order valence-corrected chi connectivity index (χ4v) is 2.55. The van der Waals surface area contributed by atoms with Gasteiger partial charge in [-0.2, -0.15) is 0 Å². The van der Waals surface area contributed by atoms with Crippen LogP contribution in [0.2, 0.25) is 0 Å². The van der Waals surface area contributed by atoms with Crippen LogP contribution in [0.3, 0.4) is 0 Å². The van der Waals surface area contributed by atoms with E-state index in [9.17, 15) is 0 Å². The quantitative estimate of drug-likeness (QED) is 0.765. The topological polar surface area (TPSA) is 18.5 Å². The summed E-state index contributed by atoms with van der Waals surface area (Å²) >= 11 is 0. The third-order valence-corrected chi connectivity index (χ3v) is 4.07. The lowest BCUT2D eigenvalue weighted by Gasteiger charge is -2.38. The predicted octanol–water partition coefficient (Wildman–Crippen LogP) is 1.79. The van der Waals surface area contributed by atoms with E-state index in [-0.39, 0.29) is 0 Å². The number of rotatable bonds is 6. The smallest absolute Gasteiger partial charge is 0.0119 e. The molecule has 102 valence electrons. The Morgan fingerprint density at radius 2 is 1.82 bits per heavy atom. The van der Waals surface area contributed by atoms with Crippen molar-refractivity contribution in [3.8, 4) is 0 Å². The van der Waals surface area contributed by atoms with Gasteiger partial charge in [0.25, 0.3) is 0 Å². The summed E-state index contributed by atoms with van der Waals surface area (Å²) in [5, 5.41) is 3.51. The second-order valence-electron chi connectivity index (χ2n) is 5.95. The van der Waals surface area contributed by atoms with Gasteiger partial charge in [-0.25, -0.2) is 0 Å². The first-order chi connectivity index (χ1) is 8.00. The van der Waals surface area contributed by atoms with Crippen molar-refractivity contribution in [3.05, 3.63) is 0 Å². The van der Waals surface area contributed by atoms with Crippen LogP contribution in [0.1, 0.15) is 40.0 Å². The Balaban J connectivity index is 2.23. The van der Waals surface area contributed by atoms with Gasteiger partial charge in [-0.1, -0.05) is 13.8 Å². The number of piperidine rings is 1. The van der Waals surface area contributed by atoms with E-state index in [1.54, 1.807) is 0 Å². The van der Waals surface area contributed by atoms with E-state index in [1.165, 1.54) is 32.4 Å². The Labute approximate surface area is 108 Å². The van der Waals surface area contributed by atoms with Gasteiger partial charge in [-0.3, -0.25) is 0 Å². The Morgan fingerprint density at radius 1 is 1.24 bits per heavy atom. The number of hydrogen-bond acceptors (Lipinski definition) is 3. The third-order valence-electron chi connectivity index (χ3n) is 4.07. The van der Waals surface area contributed by atoms with Crippen LogP contribution >= 0.6 is 0 Å². The van der Waals surface area contributed by atoms with Crippen molar-refractivity contribution in [1.29, 1.82) is 0 Å². The largest absolute Gasteiger partial charge is 0.314 e. The van der Waals surface area contributed by atoms with Gasteiger partial charge >= 0.3 is 0 Å². The van der Waals surface area contributed by atoms with Crippen molar-refractivity contribution < 1.29 is 0 Å². The zero-order chi connectivity index (χ0) is 12.8. The minimum Gasteiger partial charge on any atom is -0.314 e. The molecule has 1 heterocycles. The predicted molar refractivity (Wildman–Crippen MR) is 75.5 cm³/mol. The van der Waals surface area contributed by atoms with E-state index in [2.05, 4.69) is 50.0 Å². The van der Waals surface area contributed by atoms with Crippen molar-refractivity contribution >= 4 is 0 Å². The highest BCUT2D eigenvalue weighted by atomic mass is 15.2. The zero-order valence-corrected chi connectivity index (χ0v) is 12.4. The fraction of sp³-hybridized carbons (Fsp3) is 1.00. The van der Waals surface area contributed by atoms with Crippen LogP contribution in [0.5, 0.6) is 0 Å². The van der Waals surface area contributed by atoms with Gasteiger partial charge in [-0.05, 0) is 59.9 Å². The molecule has 0 bridgehead atoms. The average Bonchev–Trinajstić information content (AvgIpc) is 2.28. The van der Waals surface area contributed by atoms with Gasteiger partial charge in [0.1, 0.15) is 0 Å². The molecule has 0 aliphatic carbocycles. The molecule has 3 heteroatoms. The molecule has 1 unspecified atom stereocenters. The molecule has 1 N–H and O–H groups in total. The Bertz CT molecular complexity index is 198. The van der Waals surface area contributed by atoms with E-state index < -0.39 is 0 Å². The molecule has 0 amide bonds. The highest BCUT2D eigenvalue weighted by molar-refractivity contribution is 4.80. The van der Waals surface area contributed by atoms with Gasteiger partial charge in [0, 0.05) is 18.1 Å². The van der Waals surface area contributed by atoms with Gasteiger partial charge in [-0.15, -0.1) is 0 Å². The van der Waals surface area contributed by atoms with E-state index in [0.29, 0.717) is 12.1 Å². The Hall–Kier alpha value is -0.120. The monoisotopic (exact) mass is 241 g/mol. The Kier molecular flexibility index (Phi) is 6.45. The van der Waals surface area contributed by atoms with Crippen LogP contribution in [-0.2, 0) is 0 Å². The number of hydrogen-bond donors (Lipinski definition) is 1. The summed E-state index contributed by atoms with van der Waals surface area (Å²) in [5.41, 5.74) is 0. The molecule has 0 aromatic rings. The van der Waals surface area contributed by atoms with E-state index >= 15 is 0 Å². The van der Waals surface area contributed by atoms with Crippen molar-refractivity contribution in [1.82, 2.24) is 15.1 Å². The minimum absolute atomic E-state index is 0.607. The summed E-state index contributed by atoms with van der Waals surface area (Å²) < 4.78 is 0. The molecular weight excluding hydrogens is 210 g/mol. The first kappa shape index (κ1) is 14.9. The number of nitrogens with one attached hydrogen (secondary N) is 1. The molecule has 0 aromatic carbocycles. The van der Waals surface area contributed by atoms with Crippen LogP contribution in [0.25, 0.3) is 0 Å². The highest BCUT2D eigenvalue weighted by Crippen LogP contribution is 2.17. The summed E-state index contributed by atoms with van der Waals surface area (Å²) in [6, 6.07) is 2.09. The molecule has 0 saturated carbocycles. The fourth-order valence-electron chi connectivity index (χ4n) is 2.55. The van der Waals surface area contributed by atoms with Gasteiger partial charge < -0.3 is 15.1 Å². The minimum atomic E-state index is 0.607. The first-order valence-corrected chi connectivity index (χ1v) is 7.14. The van der Waals surface area contributed by atoms with E-state index in [1.807, 2.05) is 0 Å². The van der Waals surface area contributed by atoms with E-state index in [0.717, 1.165) is 12.6 Å².